The normalized spacial score (nSPS) is 28.8. The highest BCUT2D eigenvalue weighted by atomic mass is 19.1. The Hall–Kier alpha value is -1.09. The lowest BCUT2D eigenvalue weighted by Gasteiger charge is -2.54. The van der Waals surface area contributed by atoms with E-state index in [0.29, 0.717) is 11.3 Å². The maximum Gasteiger partial charge on any atom is 0.129 e. The molecule has 2 unspecified atom stereocenters. The van der Waals surface area contributed by atoms with E-state index in [1.54, 1.807) is 13.0 Å². The SMILES string of the molecule is Cc1ccc(OC2CC(N)C23CCCCCC3)cc1F. The van der Waals surface area contributed by atoms with E-state index in [1.165, 1.54) is 31.7 Å². The van der Waals surface area contributed by atoms with Crippen molar-refractivity contribution >= 4 is 0 Å². The van der Waals surface area contributed by atoms with Gasteiger partial charge in [-0.05, 0) is 31.4 Å². The smallest absolute Gasteiger partial charge is 0.129 e. The first-order chi connectivity index (χ1) is 9.62. The summed E-state index contributed by atoms with van der Waals surface area (Å²) < 4.78 is 19.7. The van der Waals surface area contributed by atoms with E-state index >= 15 is 0 Å². The van der Waals surface area contributed by atoms with E-state index in [1.807, 2.05) is 6.07 Å². The summed E-state index contributed by atoms with van der Waals surface area (Å²) in [7, 11) is 0. The minimum Gasteiger partial charge on any atom is -0.490 e. The number of halogens is 1. The lowest BCUT2D eigenvalue weighted by molar-refractivity contribution is -0.0771. The number of benzene rings is 1. The molecule has 2 saturated carbocycles. The van der Waals surface area contributed by atoms with Crippen LogP contribution < -0.4 is 10.5 Å². The fourth-order valence-corrected chi connectivity index (χ4v) is 3.83. The fourth-order valence-electron chi connectivity index (χ4n) is 3.83. The second-order valence-electron chi connectivity index (χ2n) is 6.51. The van der Waals surface area contributed by atoms with Crippen molar-refractivity contribution in [1.29, 1.82) is 0 Å². The standard InChI is InChI=1S/C17H24FNO/c1-12-6-7-13(10-14(12)18)20-16-11-15(19)17(16)8-4-2-3-5-9-17/h6-7,10,15-16H,2-5,8-9,11,19H2,1H3. The summed E-state index contributed by atoms with van der Waals surface area (Å²) in [6.07, 6.45) is 8.49. The third-order valence-electron chi connectivity index (χ3n) is 5.30. The highest BCUT2D eigenvalue weighted by Gasteiger charge is 2.54. The van der Waals surface area contributed by atoms with E-state index in [2.05, 4.69) is 0 Å². The van der Waals surface area contributed by atoms with Gasteiger partial charge in [0.1, 0.15) is 17.7 Å². The molecule has 20 heavy (non-hydrogen) atoms. The fraction of sp³-hybridized carbons (Fsp3) is 0.647. The molecule has 2 atom stereocenters. The van der Waals surface area contributed by atoms with Gasteiger partial charge < -0.3 is 10.5 Å². The molecule has 1 aromatic rings. The lowest BCUT2D eigenvalue weighted by atomic mass is 9.58. The molecule has 0 aliphatic heterocycles. The number of aryl methyl sites for hydroxylation is 1. The summed E-state index contributed by atoms with van der Waals surface area (Å²) in [6.45, 7) is 1.77. The Balaban J connectivity index is 1.75. The van der Waals surface area contributed by atoms with Crippen molar-refractivity contribution in [2.24, 2.45) is 11.1 Å². The minimum absolute atomic E-state index is 0.137. The quantitative estimate of drug-likeness (QED) is 0.888. The molecule has 0 amide bonds. The van der Waals surface area contributed by atoms with Crippen LogP contribution in [0.1, 0.15) is 50.5 Å². The van der Waals surface area contributed by atoms with Crippen molar-refractivity contribution in [1.82, 2.24) is 0 Å². The van der Waals surface area contributed by atoms with Crippen LogP contribution in [0.3, 0.4) is 0 Å². The zero-order chi connectivity index (χ0) is 14.2. The maximum absolute atomic E-state index is 13.6. The predicted molar refractivity (Wildman–Crippen MR) is 78.3 cm³/mol. The Morgan fingerprint density at radius 2 is 1.90 bits per heavy atom. The highest BCUT2D eigenvalue weighted by Crippen LogP contribution is 2.51. The largest absolute Gasteiger partial charge is 0.490 e. The first-order valence-electron chi connectivity index (χ1n) is 7.80. The monoisotopic (exact) mass is 277 g/mol. The number of nitrogens with two attached hydrogens (primary N) is 1. The van der Waals surface area contributed by atoms with Crippen molar-refractivity contribution in [2.45, 2.75) is 64.0 Å². The molecule has 2 nitrogen and oxygen atoms in total. The molecule has 2 N–H and O–H groups in total. The van der Waals surface area contributed by atoms with Crippen LogP contribution in [0.4, 0.5) is 4.39 Å². The average Bonchev–Trinajstić information content (AvgIpc) is 2.70. The Labute approximate surface area is 120 Å². The molecule has 0 bridgehead atoms. The van der Waals surface area contributed by atoms with Crippen LogP contribution in [0, 0.1) is 18.2 Å². The first-order valence-corrected chi connectivity index (χ1v) is 7.80. The second kappa shape index (κ2) is 5.36. The molecular formula is C17H24FNO. The van der Waals surface area contributed by atoms with Gasteiger partial charge in [-0.3, -0.25) is 0 Å². The number of rotatable bonds is 2. The molecule has 2 fully saturated rings. The van der Waals surface area contributed by atoms with Crippen molar-refractivity contribution < 1.29 is 9.13 Å². The van der Waals surface area contributed by atoms with Gasteiger partial charge in [-0.1, -0.05) is 31.7 Å². The summed E-state index contributed by atoms with van der Waals surface area (Å²) >= 11 is 0. The number of hydrogen-bond donors (Lipinski definition) is 1. The van der Waals surface area contributed by atoms with Gasteiger partial charge in [0.15, 0.2) is 0 Å². The van der Waals surface area contributed by atoms with Crippen molar-refractivity contribution in [3.8, 4) is 5.75 Å². The van der Waals surface area contributed by atoms with E-state index in [4.69, 9.17) is 10.5 Å². The van der Waals surface area contributed by atoms with Gasteiger partial charge in [0.05, 0.1) is 0 Å². The molecule has 2 aliphatic carbocycles. The van der Waals surface area contributed by atoms with Gasteiger partial charge in [0.25, 0.3) is 0 Å². The minimum atomic E-state index is -0.193. The molecular weight excluding hydrogens is 253 g/mol. The third kappa shape index (κ3) is 2.32. The van der Waals surface area contributed by atoms with Crippen molar-refractivity contribution in [3.63, 3.8) is 0 Å². The Kier molecular flexibility index (Phi) is 3.72. The Morgan fingerprint density at radius 3 is 2.50 bits per heavy atom. The van der Waals surface area contributed by atoms with Gasteiger partial charge in [-0.25, -0.2) is 4.39 Å². The average molecular weight is 277 g/mol. The Bertz CT molecular complexity index is 480. The molecule has 1 aromatic carbocycles. The molecule has 1 spiro atoms. The third-order valence-corrected chi connectivity index (χ3v) is 5.30. The Morgan fingerprint density at radius 1 is 1.20 bits per heavy atom. The molecule has 0 aromatic heterocycles. The topological polar surface area (TPSA) is 35.2 Å². The van der Waals surface area contributed by atoms with Crippen LogP contribution in [0.5, 0.6) is 5.75 Å². The molecule has 0 saturated heterocycles. The molecule has 110 valence electrons. The molecule has 3 heteroatoms. The van der Waals surface area contributed by atoms with Gasteiger partial charge >= 0.3 is 0 Å². The van der Waals surface area contributed by atoms with Gasteiger partial charge in [0, 0.05) is 23.9 Å². The van der Waals surface area contributed by atoms with Crippen molar-refractivity contribution in [3.05, 3.63) is 29.6 Å². The summed E-state index contributed by atoms with van der Waals surface area (Å²) in [4.78, 5) is 0. The van der Waals surface area contributed by atoms with Gasteiger partial charge in [-0.15, -0.1) is 0 Å². The number of ether oxygens (including phenoxy) is 1. The van der Waals surface area contributed by atoms with Crippen LogP contribution in [0.2, 0.25) is 0 Å². The van der Waals surface area contributed by atoms with E-state index < -0.39 is 0 Å². The first kappa shape index (κ1) is 13.9. The summed E-state index contributed by atoms with van der Waals surface area (Å²) in [5.41, 5.74) is 7.10. The molecule has 2 aliphatic rings. The molecule has 0 radical (unpaired) electrons. The maximum atomic E-state index is 13.6. The van der Waals surface area contributed by atoms with Crippen LogP contribution in [0.25, 0.3) is 0 Å². The zero-order valence-electron chi connectivity index (χ0n) is 12.2. The predicted octanol–water partition coefficient (Wildman–Crippen LogP) is 3.95. The van der Waals surface area contributed by atoms with Gasteiger partial charge in [0.2, 0.25) is 0 Å². The van der Waals surface area contributed by atoms with E-state index in [9.17, 15) is 4.39 Å². The molecule has 0 heterocycles. The van der Waals surface area contributed by atoms with Crippen LogP contribution in [-0.2, 0) is 0 Å². The lowest BCUT2D eigenvalue weighted by Crippen LogP contribution is -2.63. The summed E-state index contributed by atoms with van der Waals surface area (Å²) in [5.74, 6) is 0.453. The summed E-state index contributed by atoms with van der Waals surface area (Å²) in [6, 6.07) is 5.40. The van der Waals surface area contributed by atoms with Crippen molar-refractivity contribution in [2.75, 3.05) is 0 Å². The van der Waals surface area contributed by atoms with Crippen LogP contribution >= 0.6 is 0 Å². The van der Waals surface area contributed by atoms with Crippen LogP contribution in [0.15, 0.2) is 18.2 Å². The highest BCUT2D eigenvalue weighted by molar-refractivity contribution is 5.29. The molecule has 3 rings (SSSR count). The van der Waals surface area contributed by atoms with Gasteiger partial charge in [-0.2, -0.15) is 0 Å². The number of hydrogen-bond acceptors (Lipinski definition) is 2. The van der Waals surface area contributed by atoms with E-state index in [0.717, 1.165) is 19.3 Å². The second-order valence-corrected chi connectivity index (χ2v) is 6.51. The zero-order valence-corrected chi connectivity index (χ0v) is 12.2. The van der Waals surface area contributed by atoms with E-state index in [-0.39, 0.29) is 23.4 Å². The van der Waals surface area contributed by atoms with Crippen LogP contribution in [-0.4, -0.2) is 12.1 Å². The summed E-state index contributed by atoms with van der Waals surface area (Å²) in [5, 5.41) is 0.